The molecule has 0 spiro atoms. The number of halogens is 1. The summed E-state index contributed by atoms with van der Waals surface area (Å²) in [6.45, 7) is 2.15. The monoisotopic (exact) mass is 331 g/mol. The Morgan fingerprint density at radius 1 is 1.38 bits per heavy atom. The second-order valence-electron chi connectivity index (χ2n) is 5.52. The molecule has 2 N–H and O–H groups in total. The molecule has 1 aromatic carbocycles. The normalized spacial score (nSPS) is 18.3. The van der Waals surface area contributed by atoms with Gasteiger partial charge in [-0.3, -0.25) is 0 Å². The van der Waals surface area contributed by atoms with Gasteiger partial charge in [0.2, 0.25) is 10.0 Å². The van der Waals surface area contributed by atoms with E-state index in [1.54, 1.807) is 25.2 Å². The number of sulfonamides is 1. The van der Waals surface area contributed by atoms with Crippen LogP contribution in [0.25, 0.3) is 0 Å². The van der Waals surface area contributed by atoms with Crippen molar-refractivity contribution in [2.24, 2.45) is 5.73 Å². The van der Waals surface area contributed by atoms with Gasteiger partial charge in [0.15, 0.2) is 0 Å². The third-order valence-corrected chi connectivity index (χ3v) is 6.48. The molecule has 1 fully saturated rings. The Kier molecular flexibility index (Phi) is 5.27. The number of nitrogens with two attached hydrogens (primary N) is 1. The van der Waals surface area contributed by atoms with E-state index in [0.29, 0.717) is 6.54 Å². The van der Waals surface area contributed by atoms with Crippen LogP contribution in [-0.2, 0) is 16.6 Å². The van der Waals surface area contributed by atoms with Gasteiger partial charge in [0.1, 0.15) is 4.90 Å². The summed E-state index contributed by atoms with van der Waals surface area (Å²) in [6.07, 6.45) is 1.68. The highest BCUT2D eigenvalue weighted by molar-refractivity contribution is 7.89. The Morgan fingerprint density at radius 3 is 2.52 bits per heavy atom. The number of piperidine rings is 1. The summed E-state index contributed by atoms with van der Waals surface area (Å²) in [7, 11) is 0.116. The average Bonchev–Trinajstić information content (AvgIpc) is 2.46. The van der Waals surface area contributed by atoms with Crippen molar-refractivity contribution >= 4 is 21.6 Å². The molecule has 1 aliphatic rings. The van der Waals surface area contributed by atoms with Gasteiger partial charge in [-0.05, 0) is 50.7 Å². The molecule has 118 valence electrons. The number of hydrogen-bond donors (Lipinski definition) is 1. The molecule has 0 aromatic heterocycles. The molecule has 2 rings (SSSR count). The molecule has 1 saturated heterocycles. The number of likely N-dealkylation sites (tertiary alicyclic amines) is 1. The van der Waals surface area contributed by atoms with Gasteiger partial charge in [-0.25, -0.2) is 8.42 Å². The van der Waals surface area contributed by atoms with Crippen LogP contribution in [0.15, 0.2) is 23.1 Å². The molecule has 1 aliphatic heterocycles. The van der Waals surface area contributed by atoms with E-state index in [9.17, 15) is 8.42 Å². The molecule has 21 heavy (non-hydrogen) atoms. The van der Waals surface area contributed by atoms with Crippen molar-refractivity contribution in [3.8, 4) is 0 Å². The molecule has 0 atom stereocenters. The van der Waals surface area contributed by atoms with E-state index in [4.69, 9.17) is 17.3 Å². The molecule has 0 radical (unpaired) electrons. The standard InChI is InChI=1S/C14H22ClN3O2S/c1-17-7-5-12(6-8-17)18(2)21(19,20)14-4-3-11(10-16)9-13(14)15/h3-4,9,12H,5-8,10,16H2,1-2H3. The molecule has 5 nitrogen and oxygen atoms in total. The summed E-state index contributed by atoms with van der Waals surface area (Å²) >= 11 is 6.13. The maximum atomic E-state index is 12.7. The first-order chi connectivity index (χ1) is 9.86. The zero-order valence-corrected chi connectivity index (χ0v) is 14.0. The van der Waals surface area contributed by atoms with Crippen molar-refractivity contribution in [3.05, 3.63) is 28.8 Å². The summed E-state index contributed by atoms with van der Waals surface area (Å²) < 4.78 is 26.9. The Morgan fingerprint density at radius 2 is 2.00 bits per heavy atom. The smallest absolute Gasteiger partial charge is 0.244 e. The summed E-state index contributed by atoms with van der Waals surface area (Å²) in [5, 5.41) is 0.234. The van der Waals surface area contributed by atoms with Gasteiger partial charge in [0.05, 0.1) is 5.02 Å². The number of nitrogens with zero attached hydrogens (tertiary/aromatic N) is 2. The van der Waals surface area contributed by atoms with Gasteiger partial charge in [0, 0.05) is 19.6 Å². The summed E-state index contributed by atoms with van der Waals surface area (Å²) in [4.78, 5) is 2.36. The summed E-state index contributed by atoms with van der Waals surface area (Å²) in [5.74, 6) is 0. The second kappa shape index (κ2) is 6.62. The van der Waals surface area contributed by atoms with Crippen LogP contribution >= 0.6 is 11.6 Å². The number of benzene rings is 1. The van der Waals surface area contributed by atoms with E-state index in [2.05, 4.69) is 4.90 Å². The SMILES string of the molecule is CN1CCC(N(C)S(=O)(=O)c2ccc(CN)cc2Cl)CC1. The van der Waals surface area contributed by atoms with Crippen molar-refractivity contribution < 1.29 is 8.42 Å². The van der Waals surface area contributed by atoms with E-state index in [1.807, 2.05) is 7.05 Å². The Hall–Kier alpha value is -0.660. The van der Waals surface area contributed by atoms with Crippen molar-refractivity contribution in [1.29, 1.82) is 0 Å². The molecular formula is C14H22ClN3O2S. The van der Waals surface area contributed by atoms with E-state index >= 15 is 0 Å². The maximum absolute atomic E-state index is 12.7. The predicted octanol–water partition coefficient (Wildman–Crippen LogP) is 1.51. The third kappa shape index (κ3) is 3.57. The quantitative estimate of drug-likeness (QED) is 0.908. The van der Waals surface area contributed by atoms with Crippen LogP contribution in [0.5, 0.6) is 0 Å². The molecular weight excluding hydrogens is 310 g/mol. The van der Waals surface area contributed by atoms with Crippen molar-refractivity contribution in [3.63, 3.8) is 0 Å². The molecule has 0 aliphatic carbocycles. The molecule has 0 amide bonds. The van der Waals surface area contributed by atoms with E-state index in [-0.39, 0.29) is 16.0 Å². The Bertz CT molecular complexity index is 598. The Balaban J connectivity index is 2.25. The minimum Gasteiger partial charge on any atom is -0.326 e. The molecule has 1 aromatic rings. The zero-order valence-electron chi connectivity index (χ0n) is 12.4. The minimum atomic E-state index is -3.57. The molecule has 0 unspecified atom stereocenters. The van der Waals surface area contributed by atoms with Gasteiger partial charge < -0.3 is 10.6 Å². The minimum absolute atomic E-state index is 0.0245. The number of hydrogen-bond acceptors (Lipinski definition) is 4. The van der Waals surface area contributed by atoms with Crippen LogP contribution < -0.4 is 5.73 Å². The average molecular weight is 332 g/mol. The lowest BCUT2D eigenvalue weighted by atomic mass is 10.1. The second-order valence-corrected chi connectivity index (χ2v) is 7.90. The lowest BCUT2D eigenvalue weighted by Gasteiger charge is -2.34. The van der Waals surface area contributed by atoms with E-state index in [0.717, 1.165) is 31.5 Å². The highest BCUT2D eigenvalue weighted by atomic mass is 35.5. The molecule has 7 heteroatoms. The number of rotatable bonds is 4. The fourth-order valence-electron chi connectivity index (χ4n) is 2.59. The Labute approximate surface area is 131 Å². The lowest BCUT2D eigenvalue weighted by molar-refractivity contribution is 0.197. The highest BCUT2D eigenvalue weighted by Crippen LogP contribution is 2.28. The zero-order chi connectivity index (χ0) is 15.6. The summed E-state index contributed by atoms with van der Waals surface area (Å²) in [6, 6.07) is 4.90. The fourth-order valence-corrected chi connectivity index (χ4v) is 4.55. The topological polar surface area (TPSA) is 66.6 Å². The summed E-state index contributed by atoms with van der Waals surface area (Å²) in [5.41, 5.74) is 6.36. The van der Waals surface area contributed by atoms with Gasteiger partial charge in [-0.15, -0.1) is 0 Å². The van der Waals surface area contributed by atoms with Gasteiger partial charge in [0.25, 0.3) is 0 Å². The predicted molar refractivity (Wildman–Crippen MR) is 84.8 cm³/mol. The maximum Gasteiger partial charge on any atom is 0.244 e. The molecule has 1 heterocycles. The third-order valence-electron chi connectivity index (χ3n) is 4.09. The van der Waals surface area contributed by atoms with Crippen LogP contribution in [0, 0.1) is 0 Å². The molecule has 0 saturated carbocycles. The van der Waals surface area contributed by atoms with Crippen molar-refractivity contribution in [2.75, 3.05) is 27.2 Å². The van der Waals surface area contributed by atoms with Gasteiger partial charge in [-0.1, -0.05) is 17.7 Å². The first-order valence-corrected chi connectivity index (χ1v) is 8.83. The van der Waals surface area contributed by atoms with Gasteiger partial charge in [-0.2, -0.15) is 4.31 Å². The first kappa shape index (κ1) is 16.7. The molecule has 0 bridgehead atoms. The van der Waals surface area contributed by atoms with Crippen LogP contribution in [0.1, 0.15) is 18.4 Å². The van der Waals surface area contributed by atoms with Crippen molar-refractivity contribution in [2.45, 2.75) is 30.3 Å². The van der Waals surface area contributed by atoms with Crippen LogP contribution in [0.3, 0.4) is 0 Å². The van der Waals surface area contributed by atoms with Crippen molar-refractivity contribution in [1.82, 2.24) is 9.21 Å². The first-order valence-electron chi connectivity index (χ1n) is 7.01. The van der Waals surface area contributed by atoms with E-state index in [1.165, 1.54) is 4.31 Å². The van der Waals surface area contributed by atoms with E-state index < -0.39 is 10.0 Å². The lowest BCUT2D eigenvalue weighted by Crippen LogP contribution is -2.44. The largest absolute Gasteiger partial charge is 0.326 e. The van der Waals surface area contributed by atoms with Crippen LogP contribution in [0.4, 0.5) is 0 Å². The van der Waals surface area contributed by atoms with Crippen LogP contribution in [-0.4, -0.2) is 50.8 Å². The van der Waals surface area contributed by atoms with Crippen LogP contribution in [0.2, 0.25) is 5.02 Å². The highest BCUT2D eigenvalue weighted by Gasteiger charge is 2.31. The fraction of sp³-hybridized carbons (Fsp3) is 0.571. The van der Waals surface area contributed by atoms with Gasteiger partial charge >= 0.3 is 0 Å².